The van der Waals surface area contributed by atoms with Crippen molar-refractivity contribution in [1.29, 1.82) is 0 Å². The van der Waals surface area contributed by atoms with E-state index >= 15 is 0 Å². The second-order valence-electron chi connectivity index (χ2n) is 8.10. The van der Waals surface area contributed by atoms with E-state index in [0.29, 0.717) is 11.1 Å². The quantitative estimate of drug-likeness (QED) is 0.0710. The Balaban J connectivity index is 0.000000293. The third-order valence-corrected chi connectivity index (χ3v) is 5.06. The Kier molecular flexibility index (Phi) is 12.7. The van der Waals surface area contributed by atoms with E-state index in [1.54, 1.807) is 24.3 Å². The van der Waals surface area contributed by atoms with Gasteiger partial charge in [0, 0.05) is 41.9 Å². The molecule has 2 aromatic heterocycles. The zero-order valence-corrected chi connectivity index (χ0v) is 22.6. The second-order valence-corrected chi connectivity index (χ2v) is 8.10. The minimum absolute atomic E-state index is 0. The van der Waals surface area contributed by atoms with Gasteiger partial charge >= 0.3 is 24.1 Å². The van der Waals surface area contributed by atoms with Crippen LogP contribution in [0.15, 0.2) is 118 Å². The normalized spacial score (nSPS) is 12.5. The Morgan fingerprint density at radius 1 is 0.581 bits per heavy atom. The predicted molar refractivity (Wildman–Crippen MR) is 147 cm³/mol. The summed E-state index contributed by atoms with van der Waals surface area (Å²) >= 11 is 0. The van der Waals surface area contributed by atoms with Crippen LogP contribution in [0.2, 0.25) is 0 Å². The number of benzene rings is 2. The van der Waals surface area contributed by atoms with Crippen molar-refractivity contribution in [3.05, 3.63) is 131 Å². The largest absolute Gasteiger partial charge is 0.577 e. The topological polar surface area (TPSA) is 121 Å². The van der Waals surface area contributed by atoms with E-state index < -0.39 is 23.5 Å². The van der Waals surface area contributed by atoms with Gasteiger partial charge in [-0.25, -0.2) is 0 Å². The fraction of sp³-hybridized carbons (Fsp3) is 0.0714. The molecule has 15 heteroatoms. The molecule has 0 saturated carbocycles. The van der Waals surface area contributed by atoms with Crippen LogP contribution in [0.1, 0.15) is 33.4 Å². The van der Waals surface area contributed by atoms with Gasteiger partial charge in [-0.2, -0.15) is 36.5 Å². The van der Waals surface area contributed by atoms with Crippen molar-refractivity contribution in [3.8, 4) is 0 Å². The number of hydrogen-bond donors (Lipinski definition) is 0. The summed E-state index contributed by atoms with van der Waals surface area (Å²) in [6, 6.07) is 15.8. The first-order valence-electron chi connectivity index (χ1n) is 11.7. The molecule has 4 rings (SSSR count). The molecule has 0 spiro atoms. The maximum Gasteiger partial charge on any atom is 0.416 e. The minimum Gasteiger partial charge on any atom is -0.577 e. The zero-order chi connectivity index (χ0) is 30.6. The fourth-order valence-corrected chi connectivity index (χ4v) is 3.03. The molecule has 2 heterocycles. The average Bonchev–Trinajstić information content (AvgIpc) is 2.98. The van der Waals surface area contributed by atoms with Crippen LogP contribution in [0.4, 0.5) is 26.3 Å². The van der Waals surface area contributed by atoms with Gasteiger partial charge < -0.3 is 10.2 Å². The number of hydrogen-bond acceptors (Lipinski definition) is 6. The Hall–Kier alpha value is -4.88. The first-order chi connectivity index (χ1) is 19.9. The molecule has 0 fully saturated rings. The molecule has 0 aliphatic rings. The van der Waals surface area contributed by atoms with Crippen LogP contribution >= 0.6 is 0 Å². The van der Waals surface area contributed by atoms with Gasteiger partial charge in [0.2, 0.25) is 0 Å². The SMILES string of the molecule is [Cu].[OH2+]/C(=N\N=C\c1cccc(C(F)(F)F)c1)c1ccncc1.[OH2+]/C(=N\N=C\c1cccc(C(F)(F)F)c1)c1ccncc1. The summed E-state index contributed by atoms with van der Waals surface area (Å²) in [6.45, 7) is 0. The molecule has 0 bridgehead atoms. The van der Waals surface area contributed by atoms with Crippen molar-refractivity contribution >= 4 is 24.2 Å². The van der Waals surface area contributed by atoms with Crippen molar-refractivity contribution in [1.82, 2.24) is 9.97 Å². The molecule has 8 nitrogen and oxygen atoms in total. The third kappa shape index (κ3) is 11.5. The number of halogens is 6. The smallest absolute Gasteiger partial charge is 0.416 e. The van der Waals surface area contributed by atoms with Crippen LogP contribution in [-0.2, 0) is 29.4 Å². The molecule has 2 aromatic carbocycles. The van der Waals surface area contributed by atoms with Crippen LogP contribution < -0.4 is 0 Å². The van der Waals surface area contributed by atoms with E-state index in [2.05, 4.69) is 30.4 Å². The molecule has 0 atom stereocenters. The van der Waals surface area contributed by atoms with Gasteiger partial charge in [0.25, 0.3) is 0 Å². The summed E-state index contributed by atoms with van der Waals surface area (Å²) in [6.07, 6.45) is -0.414. The van der Waals surface area contributed by atoms with Gasteiger partial charge in [0.15, 0.2) is 0 Å². The predicted octanol–water partition coefficient (Wildman–Crippen LogP) is 5.21. The summed E-state index contributed by atoms with van der Waals surface area (Å²) in [7, 11) is 0. The van der Waals surface area contributed by atoms with E-state index in [-0.39, 0.29) is 40.0 Å². The van der Waals surface area contributed by atoms with Crippen molar-refractivity contribution in [2.24, 2.45) is 20.4 Å². The van der Waals surface area contributed by atoms with E-state index in [1.165, 1.54) is 61.5 Å². The van der Waals surface area contributed by atoms with E-state index in [4.69, 9.17) is 10.2 Å². The fourth-order valence-electron chi connectivity index (χ4n) is 3.03. The summed E-state index contributed by atoms with van der Waals surface area (Å²) < 4.78 is 75.2. The van der Waals surface area contributed by atoms with Gasteiger partial charge in [0.1, 0.15) is 0 Å². The van der Waals surface area contributed by atoms with Gasteiger partial charge in [-0.05, 0) is 59.7 Å². The molecular formula is C28H22CuF6N6O2+2. The monoisotopic (exact) mass is 651 g/mol. The Bertz CT molecular complexity index is 1460. The maximum atomic E-state index is 12.5. The summed E-state index contributed by atoms with van der Waals surface area (Å²) in [4.78, 5) is 7.61. The van der Waals surface area contributed by atoms with Gasteiger partial charge in [-0.1, -0.05) is 34.5 Å². The Morgan fingerprint density at radius 2 is 0.930 bits per heavy atom. The molecule has 1 radical (unpaired) electrons. The number of nitrogens with zero attached hydrogens (tertiary/aromatic N) is 6. The molecule has 0 aliphatic carbocycles. The number of aromatic nitrogens is 2. The second kappa shape index (κ2) is 15.9. The van der Waals surface area contributed by atoms with Crippen LogP contribution in [0.3, 0.4) is 0 Å². The van der Waals surface area contributed by atoms with Crippen molar-refractivity contribution in [3.63, 3.8) is 0 Å². The summed E-state index contributed by atoms with van der Waals surface area (Å²) in [5.41, 5.74) is 0.0518. The first-order valence-corrected chi connectivity index (χ1v) is 11.7. The van der Waals surface area contributed by atoms with Crippen LogP contribution in [-0.4, -0.2) is 44.4 Å². The Labute approximate surface area is 251 Å². The van der Waals surface area contributed by atoms with E-state index in [9.17, 15) is 26.3 Å². The zero-order valence-electron chi connectivity index (χ0n) is 21.6. The molecule has 43 heavy (non-hydrogen) atoms. The molecule has 0 unspecified atom stereocenters. The Morgan fingerprint density at radius 3 is 1.26 bits per heavy atom. The number of alkyl halides is 6. The number of rotatable bonds is 6. The van der Waals surface area contributed by atoms with Gasteiger partial charge in [-0.15, -0.1) is 0 Å². The molecular weight excluding hydrogens is 630 g/mol. The minimum atomic E-state index is -4.40. The van der Waals surface area contributed by atoms with Crippen LogP contribution in [0.25, 0.3) is 0 Å². The van der Waals surface area contributed by atoms with Crippen molar-refractivity contribution < 1.29 is 53.6 Å². The summed E-state index contributed by atoms with van der Waals surface area (Å²) in [5, 5.41) is 29.8. The van der Waals surface area contributed by atoms with E-state index in [1.807, 2.05) is 0 Å². The third-order valence-electron chi connectivity index (χ3n) is 5.06. The molecule has 0 aliphatic heterocycles. The molecule has 0 amide bonds. The molecule has 4 N–H and O–H groups in total. The van der Waals surface area contributed by atoms with Crippen LogP contribution in [0.5, 0.6) is 0 Å². The molecule has 4 aromatic rings. The average molecular weight is 652 g/mol. The van der Waals surface area contributed by atoms with Crippen molar-refractivity contribution in [2.75, 3.05) is 0 Å². The van der Waals surface area contributed by atoms with Crippen molar-refractivity contribution in [2.45, 2.75) is 12.4 Å². The standard InChI is InChI=1S/2C14H10F3N3O.Cu/c2*15-14(16,17)12-3-1-2-10(8-12)9-19-20-13(21)11-4-6-18-7-5-11;/h2*1-9H,(H,20,21);/p+2/b2*19-9+;. The molecule has 0 saturated heterocycles. The van der Waals surface area contributed by atoms with Gasteiger partial charge in [0.05, 0.1) is 34.7 Å². The van der Waals surface area contributed by atoms with Gasteiger partial charge in [-0.3, -0.25) is 9.97 Å². The maximum absolute atomic E-state index is 12.5. The van der Waals surface area contributed by atoms with Crippen LogP contribution in [0, 0.1) is 0 Å². The molecule has 227 valence electrons. The number of pyridine rings is 2. The summed E-state index contributed by atoms with van der Waals surface area (Å²) in [5.74, 6) is -0.193. The first kappa shape index (κ1) is 34.3. The van der Waals surface area contributed by atoms with E-state index in [0.717, 1.165) is 24.3 Å².